The van der Waals surface area contributed by atoms with Crippen molar-refractivity contribution in [1.29, 1.82) is 0 Å². The molecule has 1 amide bonds. The number of carbonyl (C=O) groups is 2. The highest BCUT2D eigenvalue weighted by Crippen LogP contribution is 2.27. The van der Waals surface area contributed by atoms with Crippen molar-refractivity contribution in [2.24, 2.45) is 13.0 Å². The summed E-state index contributed by atoms with van der Waals surface area (Å²) in [6.07, 6.45) is 0. The van der Waals surface area contributed by atoms with Crippen molar-refractivity contribution in [1.82, 2.24) is 19.7 Å². The van der Waals surface area contributed by atoms with Crippen LogP contribution in [-0.2, 0) is 27.9 Å². The molecule has 0 N–H and O–H groups in total. The molecule has 0 spiro atoms. The van der Waals surface area contributed by atoms with Gasteiger partial charge in [0.05, 0.1) is 18.4 Å². The zero-order chi connectivity index (χ0) is 22.5. The molecule has 3 rings (SSSR count). The fourth-order valence-electron chi connectivity index (χ4n) is 3.54. The van der Waals surface area contributed by atoms with E-state index in [9.17, 15) is 9.59 Å². The number of ether oxygens (including phenoxy) is 2. The molecule has 1 atom stereocenters. The number of aromatic nitrogens is 3. The fourth-order valence-corrected chi connectivity index (χ4v) is 3.54. The molecule has 8 heteroatoms. The van der Waals surface area contributed by atoms with Gasteiger partial charge in [-0.15, -0.1) is 5.10 Å². The molecule has 0 aliphatic heterocycles. The van der Waals surface area contributed by atoms with Crippen LogP contribution in [0.1, 0.15) is 23.7 Å². The number of fused-ring (bicyclic) bond motifs is 1. The predicted molar refractivity (Wildman–Crippen MR) is 117 cm³/mol. The van der Waals surface area contributed by atoms with Crippen LogP contribution in [0.2, 0.25) is 0 Å². The Balaban J connectivity index is 1.78. The van der Waals surface area contributed by atoms with Crippen molar-refractivity contribution < 1.29 is 19.1 Å². The van der Waals surface area contributed by atoms with Gasteiger partial charge in [-0.25, -0.2) is 9.67 Å². The van der Waals surface area contributed by atoms with Gasteiger partial charge in [-0.3, -0.25) is 9.59 Å². The van der Waals surface area contributed by atoms with Gasteiger partial charge in [-0.05, 0) is 31.0 Å². The van der Waals surface area contributed by atoms with Crippen LogP contribution in [-0.4, -0.2) is 51.8 Å². The molecule has 3 aromatic rings. The molecule has 0 radical (unpaired) electrons. The maximum atomic E-state index is 13.0. The number of amides is 1. The lowest BCUT2D eigenvalue weighted by Crippen LogP contribution is -2.39. The molecule has 0 aliphatic rings. The van der Waals surface area contributed by atoms with Crippen molar-refractivity contribution in [2.75, 3.05) is 20.3 Å². The lowest BCUT2D eigenvalue weighted by Gasteiger charge is -2.25. The largest absolute Gasteiger partial charge is 0.469 e. The normalized spacial score (nSPS) is 11.9. The molecule has 8 nitrogen and oxygen atoms in total. The second kappa shape index (κ2) is 9.59. The Kier molecular flexibility index (Phi) is 6.89. The van der Waals surface area contributed by atoms with Gasteiger partial charge in [0.15, 0.2) is 12.3 Å². The number of esters is 1. The van der Waals surface area contributed by atoms with E-state index in [4.69, 9.17) is 9.47 Å². The summed E-state index contributed by atoms with van der Waals surface area (Å²) in [5.41, 5.74) is 3.55. The number of methoxy groups -OCH3 is 1. The van der Waals surface area contributed by atoms with E-state index >= 15 is 0 Å². The quantitative estimate of drug-likeness (QED) is 0.517. The molecule has 0 saturated carbocycles. The predicted octanol–water partition coefficient (Wildman–Crippen LogP) is 2.80. The lowest BCUT2D eigenvalue weighted by molar-refractivity contribution is -0.147. The summed E-state index contributed by atoms with van der Waals surface area (Å²) < 4.78 is 12.3. The Morgan fingerprint density at radius 1 is 1.19 bits per heavy atom. The van der Waals surface area contributed by atoms with Crippen LogP contribution < -0.4 is 4.74 Å². The molecule has 31 heavy (non-hydrogen) atoms. The zero-order valence-corrected chi connectivity index (χ0v) is 18.6. The maximum absolute atomic E-state index is 13.0. The van der Waals surface area contributed by atoms with Crippen molar-refractivity contribution in [3.63, 3.8) is 0 Å². The molecular formula is C23H28N4O4. The molecule has 0 saturated heterocycles. The monoisotopic (exact) mass is 424 g/mol. The van der Waals surface area contributed by atoms with Crippen LogP contribution in [0, 0.1) is 19.8 Å². The minimum atomic E-state index is -0.456. The topological polar surface area (TPSA) is 86.5 Å². The maximum Gasteiger partial charge on any atom is 0.310 e. The number of nitrogens with zero attached hydrogens (tertiary/aromatic N) is 4. The number of aryl methyl sites for hydroxylation is 3. The van der Waals surface area contributed by atoms with Crippen LogP contribution in [0.3, 0.4) is 0 Å². The Hall–Kier alpha value is -3.42. The lowest BCUT2D eigenvalue weighted by atomic mass is 10.1. The van der Waals surface area contributed by atoms with Crippen LogP contribution in [0.15, 0.2) is 36.4 Å². The smallest absolute Gasteiger partial charge is 0.310 e. The number of pyridine rings is 1. The average molecular weight is 425 g/mol. The van der Waals surface area contributed by atoms with Gasteiger partial charge in [-0.2, -0.15) is 0 Å². The first kappa shape index (κ1) is 22.3. The third kappa shape index (κ3) is 5.20. The molecular weight excluding hydrogens is 396 g/mol. The molecule has 2 aromatic heterocycles. The number of hydrogen-bond acceptors (Lipinski definition) is 6. The summed E-state index contributed by atoms with van der Waals surface area (Å²) in [6, 6.07) is 11.6. The van der Waals surface area contributed by atoms with Crippen LogP contribution in [0.5, 0.6) is 5.88 Å². The van der Waals surface area contributed by atoms with Crippen LogP contribution in [0.4, 0.5) is 0 Å². The van der Waals surface area contributed by atoms with Gasteiger partial charge in [0, 0.05) is 25.8 Å². The summed E-state index contributed by atoms with van der Waals surface area (Å²) in [5.74, 6) is -0.685. The Morgan fingerprint density at radius 3 is 2.58 bits per heavy atom. The van der Waals surface area contributed by atoms with Gasteiger partial charge in [0.25, 0.3) is 5.91 Å². The number of rotatable bonds is 8. The first-order valence-electron chi connectivity index (χ1n) is 10.1. The average Bonchev–Trinajstić information content (AvgIpc) is 3.07. The number of carbonyl (C=O) groups excluding carboxylic acids is 2. The summed E-state index contributed by atoms with van der Waals surface area (Å²) in [4.78, 5) is 31.1. The summed E-state index contributed by atoms with van der Waals surface area (Å²) in [7, 11) is 3.14. The van der Waals surface area contributed by atoms with Gasteiger partial charge in [0.2, 0.25) is 5.88 Å². The van der Waals surface area contributed by atoms with Crippen molar-refractivity contribution >= 4 is 22.9 Å². The highest BCUT2D eigenvalue weighted by atomic mass is 16.5. The molecule has 0 aliphatic carbocycles. The van der Waals surface area contributed by atoms with Gasteiger partial charge in [-0.1, -0.05) is 37.3 Å². The third-order valence-corrected chi connectivity index (χ3v) is 5.09. The molecule has 0 fully saturated rings. The molecule has 1 unspecified atom stereocenters. The minimum absolute atomic E-state index is 0.194. The highest BCUT2D eigenvalue weighted by Gasteiger charge is 2.23. The first-order valence-corrected chi connectivity index (χ1v) is 10.1. The molecule has 2 heterocycles. The van der Waals surface area contributed by atoms with Gasteiger partial charge in [0.1, 0.15) is 0 Å². The van der Waals surface area contributed by atoms with E-state index in [2.05, 4.69) is 10.1 Å². The van der Waals surface area contributed by atoms with Crippen molar-refractivity contribution in [2.45, 2.75) is 27.3 Å². The molecule has 1 aromatic carbocycles. The number of hydrogen-bond donors (Lipinski definition) is 0. The third-order valence-electron chi connectivity index (χ3n) is 5.09. The van der Waals surface area contributed by atoms with Crippen LogP contribution in [0.25, 0.3) is 11.0 Å². The summed E-state index contributed by atoms with van der Waals surface area (Å²) in [5, 5.41) is 5.19. The van der Waals surface area contributed by atoms with Crippen LogP contribution >= 0.6 is 0 Å². The number of benzene rings is 1. The van der Waals surface area contributed by atoms with E-state index in [1.807, 2.05) is 50.2 Å². The molecule has 164 valence electrons. The minimum Gasteiger partial charge on any atom is -0.469 e. The van der Waals surface area contributed by atoms with E-state index < -0.39 is 5.92 Å². The van der Waals surface area contributed by atoms with E-state index in [0.717, 1.165) is 22.2 Å². The summed E-state index contributed by atoms with van der Waals surface area (Å²) in [6.45, 7) is 6.03. The highest BCUT2D eigenvalue weighted by molar-refractivity contribution is 5.86. The summed E-state index contributed by atoms with van der Waals surface area (Å²) >= 11 is 0. The van der Waals surface area contributed by atoms with E-state index in [1.165, 1.54) is 7.11 Å². The van der Waals surface area contributed by atoms with E-state index in [0.29, 0.717) is 18.1 Å². The van der Waals surface area contributed by atoms with E-state index in [-0.39, 0.29) is 25.0 Å². The Morgan fingerprint density at radius 2 is 1.90 bits per heavy atom. The van der Waals surface area contributed by atoms with Gasteiger partial charge >= 0.3 is 5.97 Å². The Bertz CT molecular complexity index is 1080. The Labute approximate surface area is 181 Å². The van der Waals surface area contributed by atoms with Crippen molar-refractivity contribution in [3.05, 3.63) is 53.2 Å². The fraction of sp³-hybridized carbons (Fsp3) is 0.391. The second-order valence-electron chi connectivity index (χ2n) is 7.68. The van der Waals surface area contributed by atoms with Gasteiger partial charge < -0.3 is 14.4 Å². The first-order chi connectivity index (χ1) is 14.8. The van der Waals surface area contributed by atoms with Crippen molar-refractivity contribution in [3.8, 4) is 5.88 Å². The van der Waals surface area contributed by atoms with E-state index in [1.54, 1.807) is 23.6 Å². The SMILES string of the molecule is COC(=O)C(C)CN(Cc1ccccc1)C(=O)COc1nn(C)c2nc(C)cc(C)c12. The standard InChI is InChI=1S/C23H28N4O4/c1-15-11-17(3)24-21-20(15)22(25-26(21)4)31-14-19(28)27(12-16(2)23(29)30-5)13-18-9-7-6-8-10-18/h6-11,16H,12-14H2,1-5H3. The molecule has 0 bridgehead atoms. The zero-order valence-electron chi connectivity index (χ0n) is 18.6. The second-order valence-corrected chi connectivity index (χ2v) is 7.68.